The standard InChI is InChI=1S/C11H17BrN2/c1-2-8(7-13)11(14)9-4-3-5-10(12)6-9/h3-6,8,11H,2,7,13-14H2,1H3. The highest BCUT2D eigenvalue weighted by Crippen LogP contribution is 2.23. The van der Waals surface area contributed by atoms with E-state index in [4.69, 9.17) is 11.5 Å². The average molecular weight is 257 g/mol. The molecule has 2 atom stereocenters. The summed E-state index contributed by atoms with van der Waals surface area (Å²) in [4.78, 5) is 0. The molecule has 0 aliphatic carbocycles. The van der Waals surface area contributed by atoms with E-state index < -0.39 is 0 Å². The van der Waals surface area contributed by atoms with Crippen molar-refractivity contribution in [2.75, 3.05) is 6.54 Å². The smallest absolute Gasteiger partial charge is 0.0335 e. The fourth-order valence-corrected chi connectivity index (χ4v) is 1.97. The van der Waals surface area contributed by atoms with Crippen molar-refractivity contribution < 1.29 is 0 Å². The summed E-state index contributed by atoms with van der Waals surface area (Å²) in [5.74, 6) is 0.365. The molecule has 0 amide bonds. The first-order valence-corrected chi connectivity index (χ1v) is 5.69. The third kappa shape index (κ3) is 2.80. The first kappa shape index (κ1) is 11.7. The fraction of sp³-hybridized carbons (Fsp3) is 0.455. The molecular formula is C11H17BrN2. The molecule has 0 bridgehead atoms. The first-order valence-electron chi connectivity index (χ1n) is 4.90. The van der Waals surface area contributed by atoms with Crippen LogP contribution in [0.2, 0.25) is 0 Å². The molecule has 0 saturated heterocycles. The summed E-state index contributed by atoms with van der Waals surface area (Å²) in [7, 11) is 0. The monoisotopic (exact) mass is 256 g/mol. The Morgan fingerprint density at radius 1 is 1.43 bits per heavy atom. The van der Waals surface area contributed by atoms with Crippen LogP contribution in [0.1, 0.15) is 24.9 Å². The zero-order valence-electron chi connectivity index (χ0n) is 8.41. The van der Waals surface area contributed by atoms with Gasteiger partial charge in [-0.25, -0.2) is 0 Å². The van der Waals surface area contributed by atoms with Gasteiger partial charge in [0.1, 0.15) is 0 Å². The van der Waals surface area contributed by atoms with Crippen LogP contribution in [0.5, 0.6) is 0 Å². The van der Waals surface area contributed by atoms with E-state index in [1.165, 1.54) is 0 Å². The Kier molecular flexibility index (Phi) is 4.58. The molecular weight excluding hydrogens is 240 g/mol. The molecule has 0 aliphatic heterocycles. The topological polar surface area (TPSA) is 52.0 Å². The van der Waals surface area contributed by atoms with Crippen molar-refractivity contribution in [2.24, 2.45) is 17.4 Å². The average Bonchev–Trinajstić information content (AvgIpc) is 2.19. The first-order chi connectivity index (χ1) is 6.69. The van der Waals surface area contributed by atoms with Crippen molar-refractivity contribution in [3.63, 3.8) is 0 Å². The van der Waals surface area contributed by atoms with Crippen LogP contribution < -0.4 is 11.5 Å². The second-order valence-corrected chi connectivity index (χ2v) is 4.40. The normalized spacial score (nSPS) is 15.1. The van der Waals surface area contributed by atoms with Crippen molar-refractivity contribution in [1.82, 2.24) is 0 Å². The van der Waals surface area contributed by atoms with Gasteiger partial charge in [0.05, 0.1) is 0 Å². The van der Waals surface area contributed by atoms with E-state index in [-0.39, 0.29) is 6.04 Å². The van der Waals surface area contributed by atoms with Crippen molar-refractivity contribution in [3.8, 4) is 0 Å². The molecule has 0 heterocycles. The molecule has 0 spiro atoms. The van der Waals surface area contributed by atoms with Crippen LogP contribution in [0.25, 0.3) is 0 Å². The van der Waals surface area contributed by atoms with Crippen molar-refractivity contribution in [2.45, 2.75) is 19.4 Å². The molecule has 3 heteroatoms. The maximum absolute atomic E-state index is 6.13. The molecule has 0 aliphatic rings. The lowest BCUT2D eigenvalue weighted by Crippen LogP contribution is -2.27. The van der Waals surface area contributed by atoms with Gasteiger partial charge < -0.3 is 11.5 Å². The second kappa shape index (κ2) is 5.49. The minimum absolute atomic E-state index is 0.0440. The summed E-state index contributed by atoms with van der Waals surface area (Å²) in [6.45, 7) is 2.76. The van der Waals surface area contributed by atoms with E-state index >= 15 is 0 Å². The minimum atomic E-state index is 0.0440. The van der Waals surface area contributed by atoms with Gasteiger partial charge in [-0.1, -0.05) is 41.4 Å². The quantitative estimate of drug-likeness (QED) is 0.870. The number of rotatable bonds is 4. The van der Waals surface area contributed by atoms with E-state index in [9.17, 15) is 0 Å². The maximum Gasteiger partial charge on any atom is 0.0335 e. The lowest BCUT2D eigenvalue weighted by atomic mass is 9.92. The van der Waals surface area contributed by atoms with Gasteiger partial charge in [0.25, 0.3) is 0 Å². The Labute approximate surface area is 93.8 Å². The summed E-state index contributed by atoms with van der Waals surface area (Å²) in [5.41, 5.74) is 12.9. The molecule has 4 N–H and O–H groups in total. The van der Waals surface area contributed by atoms with Gasteiger partial charge in [-0.05, 0) is 30.2 Å². The largest absolute Gasteiger partial charge is 0.330 e. The van der Waals surface area contributed by atoms with Crippen molar-refractivity contribution >= 4 is 15.9 Å². The number of hydrogen-bond donors (Lipinski definition) is 2. The molecule has 0 fully saturated rings. The van der Waals surface area contributed by atoms with Gasteiger partial charge in [0.15, 0.2) is 0 Å². The Morgan fingerprint density at radius 3 is 2.64 bits per heavy atom. The highest BCUT2D eigenvalue weighted by Gasteiger charge is 2.15. The van der Waals surface area contributed by atoms with Gasteiger partial charge in [-0.2, -0.15) is 0 Å². The van der Waals surface area contributed by atoms with E-state index in [1.807, 2.05) is 18.2 Å². The molecule has 0 aromatic heterocycles. The summed E-state index contributed by atoms with van der Waals surface area (Å²) in [5, 5.41) is 0. The Bertz CT molecular complexity index is 284. The van der Waals surface area contributed by atoms with Gasteiger partial charge >= 0.3 is 0 Å². The predicted molar refractivity (Wildman–Crippen MR) is 63.9 cm³/mol. The van der Waals surface area contributed by atoms with E-state index in [2.05, 4.69) is 28.9 Å². The third-order valence-electron chi connectivity index (χ3n) is 2.57. The molecule has 0 radical (unpaired) electrons. The fourth-order valence-electron chi connectivity index (χ4n) is 1.55. The molecule has 2 nitrogen and oxygen atoms in total. The molecule has 1 aromatic carbocycles. The van der Waals surface area contributed by atoms with Crippen molar-refractivity contribution in [3.05, 3.63) is 34.3 Å². The lowest BCUT2D eigenvalue weighted by Gasteiger charge is -2.21. The highest BCUT2D eigenvalue weighted by atomic mass is 79.9. The molecule has 78 valence electrons. The molecule has 2 unspecified atom stereocenters. The number of halogens is 1. The second-order valence-electron chi connectivity index (χ2n) is 3.48. The third-order valence-corrected chi connectivity index (χ3v) is 3.06. The van der Waals surface area contributed by atoms with E-state index in [0.29, 0.717) is 12.5 Å². The lowest BCUT2D eigenvalue weighted by molar-refractivity contribution is 0.428. The zero-order valence-corrected chi connectivity index (χ0v) is 10.00. The van der Waals surface area contributed by atoms with Crippen LogP contribution >= 0.6 is 15.9 Å². The van der Waals surface area contributed by atoms with Gasteiger partial charge in [0.2, 0.25) is 0 Å². The Balaban J connectivity index is 2.82. The summed E-state index contributed by atoms with van der Waals surface area (Å²) >= 11 is 3.44. The Morgan fingerprint density at radius 2 is 2.14 bits per heavy atom. The Hall–Kier alpha value is -0.380. The summed E-state index contributed by atoms with van der Waals surface area (Å²) in [6.07, 6.45) is 1.02. The zero-order chi connectivity index (χ0) is 10.6. The van der Waals surface area contributed by atoms with Crippen LogP contribution in [0, 0.1) is 5.92 Å². The van der Waals surface area contributed by atoms with Crippen LogP contribution in [0.3, 0.4) is 0 Å². The number of hydrogen-bond acceptors (Lipinski definition) is 2. The summed E-state index contributed by atoms with van der Waals surface area (Å²) in [6, 6.07) is 8.15. The number of benzene rings is 1. The minimum Gasteiger partial charge on any atom is -0.330 e. The molecule has 14 heavy (non-hydrogen) atoms. The SMILES string of the molecule is CCC(CN)C(N)c1cccc(Br)c1. The molecule has 1 aromatic rings. The maximum atomic E-state index is 6.13. The van der Waals surface area contributed by atoms with Crippen LogP contribution in [0.4, 0.5) is 0 Å². The van der Waals surface area contributed by atoms with Gasteiger partial charge in [-0.3, -0.25) is 0 Å². The van der Waals surface area contributed by atoms with Crippen molar-refractivity contribution in [1.29, 1.82) is 0 Å². The predicted octanol–water partition coefficient (Wildman–Crippen LogP) is 2.43. The van der Waals surface area contributed by atoms with Gasteiger partial charge in [-0.15, -0.1) is 0 Å². The van der Waals surface area contributed by atoms with Crippen LogP contribution in [0.15, 0.2) is 28.7 Å². The highest BCUT2D eigenvalue weighted by molar-refractivity contribution is 9.10. The molecule has 1 rings (SSSR count). The van der Waals surface area contributed by atoms with Gasteiger partial charge in [0, 0.05) is 10.5 Å². The van der Waals surface area contributed by atoms with Crippen LogP contribution in [-0.2, 0) is 0 Å². The number of nitrogens with two attached hydrogens (primary N) is 2. The van der Waals surface area contributed by atoms with E-state index in [1.54, 1.807) is 0 Å². The molecule has 0 saturated carbocycles. The van der Waals surface area contributed by atoms with E-state index in [0.717, 1.165) is 16.5 Å². The van der Waals surface area contributed by atoms with Crippen LogP contribution in [-0.4, -0.2) is 6.54 Å². The summed E-state index contributed by atoms with van der Waals surface area (Å²) < 4.78 is 1.07.